The van der Waals surface area contributed by atoms with Gasteiger partial charge in [0.2, 0.25) is 0 Å². The van der Waals surface area contributed by atoms with Gasteiger partial charge in [0.15, 0.2) is 0 Å². The number of hydrogen-bond acceptors (Lipinski definition) is 4. The first-order valence-electron chi connectivity index (χ1n) is 4.13. The van der Waals surface area contributed by atoms with Crippen LogP contribution < -0.4 is 5.73 Å². The number of aromatic nitrogens is 2. The summed E-state index contributed by atoms with van der Waals surface area (Å²) < 4.78 is 1.82. The minimum absolute atomic E-state index is 0.0316. The van der Waals surface area contributed by atoms with Gasteiger partial charge in [-0.05, 0) is 13.0 Å². The molecule has 0 aliphatic rings. The molecule has 0 aromatic carbocycles. The lowest BCUT2D eigenvalue weighted by Crippen LogP contribution is -2.26. The Kier molecular flexibility index (Phi) is 3.77. The summed E-state index contributed by atoms with van der Waals surface area (Å²) in [6, 6.07) is 1.86. The topological polar surface area (TPSA) is 64.1 Å². The quantitative estimate of drug-likeness (QED) is 0.680. The monoisotopic (exact) mass is 201 g/mol. The zero-order valence-electron chi connectivity index (χ0n) is 7.90. The fourth-order valence-electron chi connectivity index (χ4n) is 0.967. The summed E-state index contributed by atoms with van der Waals surface area (Å²) in [4.78, 5) is 0. The number of rotatable bonds is 4. The van der Waals surface area contributed by atoms with Crippen LogP contribution in [0.3, 0.4) is 0 Å². The van der Waals surface area contributed by atoms with Gasteiger partial charge in [-0.25, -0.2) is 0 Å². The Morgan fingerprint density at radius 3 is 2.92 bits per heavy atom. The number of nitrogens with two attached hydrogens (primary N) is 1. The van der Waals surface area contributed by atoms with Crippen LogP contribution in [0.1, 0.15) is 5.69 Å². The molecule has 4 nitrogen and oxygen atoms in total. The minimum Gasteiger partial charge on any atom is -0.395 e. The van der Waals surface area contributed by atoms with E-state index in [1.165, 1.54) is 0 Å². The number of nitrogens with zero attached hydrogens (tertiary/aromatic N) is 2. The lowest BCUT2D eigenvalue weighted by Gasteiger charge is -2.06. The molecule has 1 atom stereocenters. The van der Waals surface area contributed by atoms with Crippen molar-refractivity contribution in [1.29, 1.82) is 0 Å². The van der Waals surface area contributed by atoms with Crippen LogP contribution in [0.25, 0.3) is 0 Å². The fraction of sp³-hybridized carbons (Fsp3) is 0.625. The van der Waals surface area contributed by atoms with E-state index in [0.29, 0.717) is 0 Å². The highest BCUT2D eigenvalue weighted by atomic mass is 32.2. The van der Waals surface area contributed by atoms with Crippen LogP contribution in [0.4, 0.5) is 0 Å². The molecular formula is C8H15N3OS. The Bertz CT molecular complexity index is 274. The molecule has 1 aromatic rings. The average molecular weight is 201 g/mol. The molecule has 5 heteroatoms. The second-order valence-corrected chi connectivity index (χ2v) is 4.04. The Hall–Kier alpha value is -0.520. The van der Waals surface area contributed by atoms with Gasteiger partial charge in [0.05, 0.1) is 17.3 Å². The van der Waals surface area contributed by atoms with Crippen LogP contribution in [0.5, 0.6) is 0 Å². The average Bonchev–Trinajstić information content (AvgIpc) is 2.41. The Morgan fingerprint density at radius 1 is 1.77 bits per heavy atom. The van der Waals surface area contributed by atoms with Crippen molar-refractivity contribution in [1.82, 2.24) is 9.78 Å². The highest BCUT2D eigenvalue weighted by molar-refractivity contribution is 7.99. The first-order valence-corrected chi connectivity index (χ1v) is 5.12. The fourth-order valence-corrected chi connectivity index (χ4v) is 1.94. The van der Waals surface area contributed by atoms with Gasteiger partial charge in [-0.3, -0.25) is 4.68 Å². The molecular weight excluding hydrogens is 186 g/mol. The van der Waals surface area contributed by atoms with Gasteiger partial charge in [-0.2, -0.15) is 5.10 Å². The van der Waals surface area contributed by atoms with Gasteiger partial charge >= 0.3 is 0 Å². The van der Waals surface area contributed by atoms with E-state index in [-0.39, 0.29) is 12.6 Å². The Labute approximate surface area is 82.1 Å². The summed E-state index contributed by atoms with van der Waals surface area (Å²) in [7, 11) is 1.90. The first-order chi connectivity index (χ1) is 6.13. The molecule has 1 unspecified atom stereocenters. The molecule has 0 aliphatic heterocycles. The van der Waals surface area contributed by atoms with Crippen LogP contribution in [-0.4, -0.2) is 33.3 Å². The molecule has 1 heterocycles. The number of hydrogen-bond donors (Lipinski definition) is 2. The first kappa shape index (κ1) is 10.6. The maximum absolute atomic E-state index is 8.73. The zero-order chi connectivity index (χ0) is 9.84. The third-order valence-electron chi connectivity index (χ3n) is 1.64. The SMILES string of the molecule is Cc1cc(SCC(N)CO)n(C)n1. The number of aryl methyl sites for hydroxylation is 2. The molecule has 3 N–H and O–H groups in total. The lowest BCUT2D eigenvalue weighted by atomic mass is 10.4. The zero-order valence-corrected chi connectivity index (χ0v) is 8.71. The van der Waals surface area contributed by atoms with Crippen molar-refractivity contribution in [2.75, 3.05) is 12.4 Å². The predicted octanol–water partition coefficient (Wildman–Crippen LogP) is 0.140. The highest BCUT2D eigenvalue weighted by Crippen LogP contribution is 2.18. The normalized spacial score (nSPS) is 13.2. The molecule has 0 fully saturated rings. The summed E-state index contributed by atoms with van der Waals surface area (Å²) in [5.41, 5.74) is 6.58. The van der Waals surface area contributed by atoms with E-state index in [1.807, 2.05) is 24.7 Å². The number of thioether (sulfide) groups is 1. The van der Waals surface area contributed by atoms with Gasteiger partial charge < -0.3 is 10.8 Å². The molecule has 0 radical (unpaired) electrons. The van der Waals surface area contributed by atoms with Crippen molar-refractivity contribution in [2.45, 2.75) is 18.0 Å². The van der Waals surface area contributed by atoms with Crippen molar-refractivity contribution < 1.29 is 5.11 Å². The molecule has 1 aromatic heterocycles. The largest absolute Gasteiger partial charge is 0.395 e. The van der Waals surface area contributed by atoms with Crippen LogP contribution in [-0.2, 0) is 7.05 Å². The molecule has 0 bridgehead atoms. The van der Waals surface area contributed by atoms with Gasteiger partial charge in [-0.15, -0.1) is 11.8 Å². The Balaban J connectivity index is 2.49. The van der Waals surface area contributed by atoms with Gasteiger partial charge in [0.1, 0.15) is 0 Å². The molecule has 0 saturated heterocycles. The summed E-state index contributed by atoms with van der Waals surface area (Å²) in [6.07, 6.45) is 0. The van der Waals surface area contributed by atoms with Crippen LogP contribution in [0, 0.1) is 6.92 Å². The maximum atomic E-state index is 8.73. The summed E-state index contributed by atoms with van der Waals surface area (Å²) in [6.45, 7) is 1.99. The van der Waals surface area contributed by atoms with E-state index in [2.05, 4.69) is 5.10 Å². The highest BCUT2D eigenvalue weighted by Gasteiger charge is 2.05. The number of aliphatic hydroxyl groups is 1. The molecule has 13 heavy (non-hydrogen) atoms. The van der Waals surface area contributed by atoms with Crippen molar-refractivity contribution in [3.8, 4) is 0 Å². The van der Waals surface area contributed by atoms with Crippen LogP contribution in [0.15, 0.2) is 11.1 Å². The van der Waals surface area contributed by atoms with E-state index in [9.17, 15) is 0 Å². The summed E-state index contributed by atoms with van der Waals surface area (Å²) in [5, 5.41) is 14.0. The number of aliphatic hydroxyl groups excluding tert-OH is 1. The Morgan fingerprint density at radius 2 is 2.46 bits per heavy atom. The van der Waals surface area contributed by atoms with E-state index >= 15 is 0 Å². The van der Waals surface area contributed by atoms with Crippen molar-refractivity contribution in [3.63, 3.8) is 0 Å². The molecule has 0 saturated carbocycles. The molecule has 0 spiro atoms. The second-order valence-electron chi connectivity index (χ2n) is 3.00. The van der Waals surface area contributed by atoms with Crippen LogP contribution in [0.2, 0.25) is 0 Å². The molecule has 0 aliphatic carbocycles. The minimum atomic E-state index is -0.153. The smallest absolute Gasteiger partial charge is 0.0939 e. The predicted molar refractivity (Wildman–Crippen MR) is 53.7 cm³/mol. The van der Waals surface area contributed by atoms with Crippen molar-refractivity contribution in [3.05, 3.63) is 11.8 Å². The lowest BCUT2D eigenvalue weighted by molar-refractivity contribution is 0.275. The summed E-state index contributed by atoms with van der Waals surface area (Å²) in [5.74, 6) is 0.718. The van der Waals surface area contributed by atoms with Gasteiger partial charge in [-0.1, -0.05) is 0 Å². The standard InChI is InChI=1S/C8H15N3OS/c1-6-3-8(11(2)10-6)13-5-7(9)4-12/h3,7,12H,4-5,9H2,1-2H3. The summed E-state index contributed by atoms with van der Waals surface area (Å²) >= 11 is 1.62. The maximum Gasteiger partial charge on any atom is 0.0939 e. The van der Waals surface area contributed by atoms with E-state index in [4.69, 9.17) is 10.8 Å². The van der Waals surface area contributed by atoms with Crippen molar-refractivity contribution >= 4 is 11.8 Å². The second kappa shape index (κ2) is 4.64. The van der Waals surface area contributed by atoms with Gasteiger partial charge in [0, 0.05) is 18.8 Å². The van der Waals surface area contributed by atoms with Crippen molar-refractivity contribution in [2.24, 2.45) is 12.8 Å². The van der Waals surface area contributed by atoms with E-state index in [0.717, 1.165) is 16.5 Å². The third kappa shape index (κ3) is 3.02. The van der Waals surface area contributed by atoms with E-state index < -0.39 is 0 Å². The van der Waals surface area contributed by atoms with E-state index in [1.54, 1.807) is 11.8 Å². The molecule has 74 valence electrons. The third-order valence-corrected chi connectivity index (χ3v) is 2.91. The van der Waals surface area contributed by atoms with Gasteiger partial charge in [0.25, 0.3) is 0 Å². The molecule has 0 amide bonds. The van der Waals surface area contributed by atoms with Crippen LogP contribution >= 0.6 is 11.8 Å². The molecule has 1 rings (SSSR count).